The van der Waals surface area contributed by atoms with Crippen molar-refractivity contribution >= 4 is 11.6 Å². The molecule has 0 radical (unpaired) electrons. The number of likely N-dealkylation sites (tertiary alicyclic amines) is 1. The van der Waals surface area contributed by atoms with Crippen LogP contribution < -0.4 is 10.2 Å². The number of aromatic nitrogens is 2. The molecule has 7 nitrogen and oxygen atoms in total. The van der Waals surface area contributed by atoms with Crippen LogP contribution in [0, 0.1) is 12.8 Å². The maximum atomic E-state index is 12.7. The molecule has 1 N–H and O–H groups in total. The van der Waals surface area contributed by atoms with Gasteiger partial charge in [-0.05, 0) is 63.4 Å². The van der Waals surface area contributed by atoms with E-state index in [1.807, 2.05) is 24.3 Å². The van der Waals surface area contributed by atoms with Gasteiger partial charge in [-0.2, -0.15) is 4.98 Å². The Labute approximate surface area is 201 Å². The zero-order valence-electron chi connectivity index (χ0n) is 19.9. The number of carbonyl (C=O) groups is 1. The quantitative estimate of drug-likeness (QED) is 0.572. The molecule has 34 heavy (non-hydrogen) atoms. The molecule has 2 saturated heterocycles. The number of benzene rings is 2. The number of aryl methyl sites for hydroxylation is 1. The summed E-state index contributed by atoms with van der Waals surface area (Å²) in [5.74, 6) is 1.46. The fraction of sp³-hybridized carbons (Fsp3) is 0.444. The standard InChI is InChI=1S/C27H33N5O2/c1-20-4-8-22(9-5-20)26-29-25(34-30-26)19-31-16-12-23(13-17-31)27(33)28-18-21-6-10-24(11-7-21)32-14-2-3-15-32/h4-11,23H,2-3,12-19H2,1H3,(H,28,33). The maximum Gasteiger partial charge on any atom is 0.241 e. The Morgan fingerprint density at radius 2 is 1.71 bits per heavy atom. The summed E-state index contributed by atoms with van der Waals surface area (Å²) in [6.07, 6.45) is 4.25. The molecule has 0 bridgehead atoms. The number of nitrogens with one attached hydrogen (secondary N) is 1. The molecule has 7 heteroatoms. The minimum atomic E-state index is 0.0610. The molecule has 0 spiro atoms. The van der Waals surface area contributed by atoms with E-state index in [-0.39, 0.29) is 11.8 Å². The molecule has 3 aromatic rings. The van der Waals surface area contributed by atoms with Gasteiger partial charge in [0.1, 0.15) is 0 Å². The summed E-state index contributed by atoms with van der Waals surface area (Å²) >= 11 is 0. The van der Waals surface area contributed by atoms with Crippen molar-refractivity contribution in [2.75, 3.05) is 31.1 Å². The van der Waals surface area contributed by atoms with E-state index in [0.717, 1.165) is 50.1 Å². The number of amides is 1. The minimum absolute atomic E-state index is 0.0610. The minimum Gasteiger partial charge on any atom is -0.372 e. The number of rotatable bonds is 7. The van der Waals surface area contributed by atoms with Crippen LogP contribution >= 0.6 is 0 Å². The van der Waals surface area contributed by atoms with E-state index in [0.29, 0.717) is 24.8 Å². The van der Waals surface area contributed by atoms with Gasteiger partial charge in [0.15, 0.2) is 0 Å². The lowest BCUT2D eigenvalue weighted by Crippen LogP contribution is -2.40. The maximum absolute atomic E-state index is 12.7. The summed E-state index contributed by atoms with van der Waals surface area (Å²) in [7, 11) is 0. The first-order valence-corrected chi connectivity index (χ1v) is 12.4. The smallest absolute Gasteiger partial charge is 0.241 e. The molecule has 0 atom stereocenters. The molecule has 2 aromatic carbocycles. The lowest BCUT2D eigenvalue weighted by molar-refractivity contribution is -0.126. The average Bonchev–Trinajstić information content (AvgIpc) is 3.57. The summed E-state index contributed by atoms with van der Waals surface area (Å²) in [6, 6.07) is 16.7. The van der Waals surface area contributed by atoms with Gasteiger partial charge >= 0.3 is 0 Å². The Hall–Kier alpha value is -3.19. The van der Waals surface area contributed by atoms with Crippen LogP contribution in [-0.4, -0.2) is 47.1 Å². The van der Waals surface area contributed by atoms with Gasteiger partial charge in [0.2, 0.25) is 17.6 Å². The molecule has 0 unspecified atom stereocenters. The van der Waals surface area contributed by atoms with E-state index in [9.17, 15) is 4.79 Å². The number of hydrogen-bond acceptors (Lipinski definition) is 6. The second-order valence-corrected chi connectivity index (χ2v) is 9.51. The van der Waals surface area contributed by atoms with Gasteiger partial charge in [-0.1, -0.05) is 47.1 Å². The van der Waals surface area contributed by atoms with Crippen LogP contribution in [0.5, 0.6) is 0 Å². The lowest BCUT2D eigenvalue weighted by Gasteiger charge is -2.30. The van der Waals surface area contributed by atoms with Crippen molar-refractivity contribution in [3.63, 3.8) is 0 Å². The summed E-state index contributed by atoms with van der Waals surface area (Å²) in [5.41, 5.74) is 4.60. The van der Waals surface area contributed by atoms with E-state index in [2.05, 4.69) is 56.4 Å². The van der Waals surface area contributed by atoms with Crippen molar-refractivity contribution in [1.82, 2.24) is 20.4 Å². The van der Waals surface area contributed by atoms with E-state index in [1.165, 1.54) is 24.1 Å². The first-order chi connectivity index (χ1) is 16.6. The highest BCUT2D eigenvalue weighted by atomic mass is 16.5. The van der Waals surface area contributed by atoms with Crippen LogP contribution in [0.1, 0.15) is 42.7 Å². The van der Waals surface area contributed by atoms with E-state index in [1.54, 1.807) is 0 Å². The van der Waals surface area contributed by atoms with Crippen LogP contribution in [-0.2, 0) is 17.9 Å². The van der Waals surface area contributed by atoms with Crippen molar-refractivity contribution in [2.24, 2.45) is 5.92 Å². The fourth-order valence-corrected chi connectivity index (χ4v) is 4.82. The molecule has 0 saturated carbocycles. The van der Waals surface area contributed by atoms with Gasteiger partial charge in [-0.15, -0.1) is 0 Å². The third-order valence-corrected chi connectivity index (χ3v) is 6.97. The largest absolute Gasteiger partial charge is 0.372 e. The predicted octanol–water partition coefficient (Wildman–Crippen LogP) is 4.17. The van der Waals surface area contributed by atoms with Crippen molar-refractivity contribution in [1.29, 1.82) is 0 Å². The number of anilines is 1. The molecular weight excluding hydrogens is 426 g/mol. The third kappa shape index (κ3) is 5.47. The molecule has 2 fully saturated rings. The van der Waals surface area contributed by atoms with E-state index in [4.69, 9.17) is 4.52 Å². The third-order valence-electron chi connectivity index (χ3n) is 6.97. The van der Waals surface area contributed by atoms with Crippen LogP contribution in [0.2, 0.25) is 0 Å². The van der Waals surface area contributed by atoms with E-state index < -0.39 is 0 Å². The highest BCUT2D eigenvalue weighted by Gasteiger charge is 2.26. The van der Waals surface area contributed by atoms with Crippen molar-refractivity contribution in [3.8, 4) is 11.4 Å². The molecular formula is C27H33N5O2. The Morgan fingerprint density at radius 1 is 1.00 bits per heavy atom. The highest BCUT2D eigenvalue weighted by molar-refractivity contribution is 5.78. The van der Waals surface area contributed by atoms with Crippen LogP contribution in [0.4, 0.5) is 5.69 Å². The van der Waals surface area contributed by atoms with Crippen molar-refractivity contribution in [3.05, 3.63) is 65.5 Å². The zero-order chi connectivity index (χ0) is 23.3. The van der Waals surface area contributed by atoms with Crippen molar-refractivity contribution in [2.45, 2.75) is 45.7 Å². The predicted molar refractivity (Wildman–Crippen MR) is 132 cm³/mol. The molecule has 1 amide bonds. The van der Waals surface area contributed by atoms with Gasteiger partial charge in [0, 0.05) is 36.8 Å². The monoisotopic (exact) mass is 459 g/mol. The normalized spacial score (nSPS) is 17.3. The Kier molecular flexibility index (Phi) is 6.90. The SMILES string of the molecule is Cc1ccc(-c2noc(CN3CCC(C(=O)NCc4ccc(N5CCCC5)cc4)CC3)n2)cc1. The topological polar surface area (TPSA) is 74.5 Å². The van der Waals surface area contributed by atoms with Gasteiger partial charge in [-0.25, -0.2) is 0 Å². The highest BCUT2D eigenvalue weighted by Crippen LogP contribution is 2.22. The summed E-state index contributed by atoms with van der Waals surface area (Å²) in [4.78, 5) is 22.0. The first kappa shape index (κ1) is 22.6. The van der Waals surface area contributed by atoms with E-state index >= 15 is 0 Å². The number of hydrogen-bond donors (Lipinski definition) is 1. The first-order valence-electron chi connectivity index (χ1n) is 12.4. The fourth-order valence-electron chi connectivity index (χ4n) is 4.82. The average molecular weight is 460 g/mol. The van der Waals surface area contributed by atoms with Gasteiger partial charge < -0.3 is 14.7 Å². The van der Waals surface area contributed by atoms with Crippen molar-refractivity contribution < 1.29 is 9.32 Å². The molecule has 5 rings (SSSR count). The van der Waals surface area contributed by atoms with Crippen LogP contribution in [0.25, 0.3) is 11.4 Å². The lowest BCUT2D eigenvalue weighted by atomic mass is 9.96. The number of carbonyl (C=O) groups excluding carboxylic acids is 1. The molecule has 0 aliphatic carbocycles. The molecule has 1 aromatic heterocycles. The molecule has 2 aliphatic heterocycles. The molecule has 178 valence electrons. The Morgan fingerprint density at radius 3 is 2.41 bits per heavy atom. The Bertz CT molecular complexity index is 1080. The second kappa shape index (κ2) is 10.4. The van der Waals surface area contributed by atoms with Gasteiger partial charge in [-0.3, -0.25) is 9.69 Å². The number of piperidine rings is 1. The molecule has 3 heterocycles. The zero-order valence-corrected chi connectivity index (χ0v) is 19.9. The van der Waals surface area contributed by atoms with Gasteiger partial charge in [0.05, 0.1) is 6.54 Å². The molecule has 2 aliphatic rings. The van der Waals surface area contributed by atoms with Crippen LogP contribution in [0.3, 0.4) is 0 Å². The Balaban J connectivity index is 1.06. The number of nitrogens with zero attached hydrogens (tertiary/aromatic N) is 4. The summed E-state index contributed by atoms with van der Waals surface area (Å²) < 4.78 is 5.47. The summed E-state index contributed by atoms with van der Waals surface area (Å²) in [6.45, 7) is 7.27. The summed E-state index contributed by atoms with van der Waals surface area (Å²) in [5, 5.41) is 7.26. The van der Waals surface area contributed by atoms with Gasteiger partial charge in [0.25, 0.3) is 0 Å². The van der Waals surface area contributed by atoms with Crippen LogP contribution in [0.15, 0.2) is 53.1 Å². The second-order valence-electron chi connectivity index (χ2n) is 9.51.